The molecular formula is C10H9Cl2N5. The van der Waals surface area contributed by atoms with Gasteiger partial charge in [0.05, 0.1) is 10.0 Å². The van der Waals surface area contributed by atoms with Crippen LogP contribution in [0.15, 0.2) is 24.3 Å². The van der Waals surface area contributed by atoms with Crippen LogP contribution < -0.4 is 16.8 Å². The lowest BCUT2D eigenvalue weighted by Gasteiger charge is -2.07. The third kappa shape index (κ3) is 2.89. The molecule has 1 heterocycles. The fourth-order valence-electron chi connectivity index (χ4n) is 1.27. The van der Waals surface area contributed by atoms with E-state index in [1.807, 2.05) is 0 Å². The molecule has 0 radical (unpaired) electrons. The van der Waals surface area contributed by atoms with Crippen LogP contribution in [-0.2, 0) is 0 Å². The van der Waals surface area contributed by atoms with Crippen LogP contribution in [0.25, 0.3) is 0 Å². The number of aromatic nitrogens is 2. The van der Waals surface area contributed by atoms with Crippen LogP contribution in [0.1, 0.15) is 0 Å². The predicted octanol–water partition coefficient (Wildman–Crippen LogP) is 2.69. The van der Waals surface area contributed by atoms with Crippen molar-refractivity contribution in [1.29, 1.82) is 0 Å². The first-order valence-corrected chi connectivity index (χ1v) is 5.42. The molecule has 2 rings (SSSR count). The summed E-state index contributed by atoms with van der Waals surface area (Å²) < 4.78 is 0. The van der Waals surface area contributed by atoms with Gasteiger partial charge in [-0.05, 0) is 18.2 Å². The van der Waals surface area contributed by atoms with Crippen molar-refractivity contribution in [1.82, 2.24) is 9.97 Å². The molecule has 1 aromatic carbocycles. The van der Waals surface area contributed by atoms with Gasteiger partial charge in [-0.2, -0.15) is 9.97 Å². The highest BCUT2D eigenvalue weighted by molar-refractivity contribution is 6.42. The Balaban J connectivity index is 2.28. The van der Waals surface area contributed by atoms with Gasteiger partial charge in [0.2, 0.25) is 5.95 Å². The Morgan fingerprint density at radius 1 is 1.00 bits per heavy atom. The van der Waals surface area contributed by atoms with E-state index in [9.17, 15) is 0 Å². The lowest BCUT2D eigenvalue weighted by atomic mass is 10.3. The molecular weight excluding hydrogens is 261 g/mol. The Hall–Kier alpha value is -1.72. The fraction of sp³-hybridized carbons (Fsp3) is 0. The monoisotopic (exact) mass is 269 g/mol. The Labute approximate surface area is 108 Å². The van der Waals surface area contributed by atoms with Crippen LogP contribution in [-0.4, -0.2) is 9.97 Å². The van der Waals surface area contributed by atoms with Crippen LogP contribution >= 0.6 is 23.2 Å². The van der Waals surface area contributed by atoms with E-state index in [2.05, 4.69) is 15.3 Å². The van der Waals surface area contributed by atoms with E-state index >= 15 is 0 Å². The van der Waals surface area contributed by atoms with E-state index in [0.717, 1.165) is 5.69 Å². The number of nitrogen functional groups attached to an aromatic ring is 2. The maximum atomic E-state index is 5.89. The lowest BCUT2D eigenvalue weighted by molar-refractivity contribution is 1.19. The lowest BCUT2D eigenvalue weighted by Crippen LogP contribution is -2.02. The summed E-state index contributed by atoms with van der Waals surface area (Å²) in [4.78, 5) is 7.75. The molecule has 88 valence electrons. The molecule has 0 atom stereocenters. The number of nitrogens with two attached hydrogens (primary N) is 2. The summed E-state index contributed by atoms with van der Waals surface area (Å²) in [5.74, 6) is 0.890. The Morgan fingerprint density at radius 2 is 1.76 bits per heavy atom. The number of hydrogen-bond acceptors (Lipinski definition) is 5. The van der Waals surface area contributed by atoms with Gasteiger partial charge in [0.25, 0.3) is 0 Å². The molecule has 0 amide bonds. The SMILES string of the molecule is Nc1cc(Nc2ccc(Cl)c(Cl)c2)nc(N)n1. The summed E-state index contributed by atoms with van der Waals surface area (Å²) in [7, 11) is 0. The first-order valence-electron chi connectivity index (χ1n) is 4.67. The van der Waals surface area contributed by atoms with Gasteiger partial charge in [0.15, 0.2) is 0 Å². The first kappa shape index (κ1) is 11.8. The predicted molar refractivity (Wildman–Crippen MR) is 70.6 cm³/mol. The van der Waals surface area contributed by atoms with Gasteiger partial charge in [0, 0.05) is 11.8 Å². The van der Waals surface area contributed by atoms with Gasteiger partial charge < -0.3 is 16.8 Å². The number of anilines is 4. The van der Waals surface area contributed by atoms with Crippen LogP contribution in [0.4, 0.5) is 23.3 Å². The van der Waals surface area contributed by atoms with Crippen molar-refractivity contribution in [3.63, 3.8) is 0 Å². The van der Waals surface area contributed by atoms with Gasteiger partial charge in [-0.15, -0.1) is 0 Å². The average Bonchev–Trinajstić information content (AvgIpc) is 2.22. The molecule has 0 saturated heterocycles. The Morgan fingerprint density at radius 3 is 2.41 bits per heavy atom. The zero-order valence-corrected chi connectivity index (χ0v) is 10.1. The largest absolute Gasteiger partial charge is 0.383 e. The molecule has 5 nitrogen and oxygen atoms in total. The first-order chi connectivity index (χ1) is 8.04. The zero-order chi connectivity index (χ0) is 12.4. The summed E-state index contributed by atoms with van der Waals surface area (Å²) in [5, 5.41) is 3.94. The number of nitrogens with one attached hydrogen (secondary N) is 1. The molecule has 0 unspecified atom stereocenters. The second-order valence-corrected chi connectivity index (χ2v) is 4.10. The Bertz CT molecular complexity index is 538. The third-order valence-corrected chi connectivity index (χ3v) is 2.69. The van der Waals surface area contributed by atoms with Gasteiger partial charge in [-0.3, -0.25) is 0 Å². The van der Waals surface area contributed by atoms with E-state index in [-0.39, 0.29) is 5.95 Å². The van der Waals surface area contributed by atoms with Gasteiger partial charge in [-0.1, -0.05) is 23.2 Å². The number of rotatable bonds is 2. The number of halogens is 2. The standard InChI is InChI=1S/C10H9Cl2N5/c11-6-2-1-5(3-7(6)12)15-9-4-8(13)16-10(14)17-9/h1-4H,(H5,13,14,15,16,17). The molecule has 2 aromatic rings. The number of nitrogens with zero attached hydrogens (tertiary/aromatic N) is 2. The van der Waals surface area contributed by atoms with E-state index in [1.54, 1.807) is 24.3 Å². The highest BCUT2D eigenvalue weighted by Crippen LogP contribution is 2.26. The van der Waals surface area contributed by atoms with Gasteiger partial charge in [0.1, 0.15) is 11.6 Å². The molecule has 0 bridgehead atoms. The minimum atomic E-state index is 0.104. The number of hydrogen-bond donors (Lipinski definition) is 3. The molecule has 0 aliphatic heterocycles. The van der Waals surface area contributed by atoms with Crippen molar-refractivity contribution in [3.8, 4) is 0 Å². The molecule has 0 aliphatic rings. The summed E-state index contributed by atoms with van der Waals surface area (Å²) in [6.45, 7) is 0. The highest BCUT2D eigenvalue weighted by atomic mass is 35.5. The topological polar surface area (TPSA) is 89.8 Å². The molecule has 1 aromatic heterocycles. The van der Waals surface area contributed by atoms with Crippen molar-refractivity contribution in [2.75, 3.05) is 16.8 Å². The Kier molecular flexibility index (Phi) is 3.21. The molecule has 5 N–H and O–H groups in total. The van der Waals surface area contributed by atoms with Crippen molar-refractivity contribution in [3.05, 3.63) is 34.3 Å². The van der Waals surface area contributed by atoms with Crippen LogP contribution in [0.3, 0.4) is 0 Å². The molecule has 0 aliphatic carbocycles. The van der Waals surface area contributed by atoms with Crippen LogP contribution in [0, 0.1) is 0 Å². The van der Waals surface area contributed by atoms with E-state index in [4.69, 9.17) is 34.7 Å². The zero-order valence-electron chi connectivity index (χ0n) is 8.61. The maximum absolute atomic E-state index is 5.89. The van der Waals surface area contributed by atoms with Crippen molar-refractivity contribution >= 4 is 46.5 Å². The quantitative estimate of drug-likeness (QED) is 0.780. The average molecular weight is 270 g/mol. The molecule has 7 heteroatoms. The van der Waals surface area contributed by atoms with Gasteiger partial charge >= 0.3 is 0 Å². The molecule has 0 fully saturated rings. The fourth-order valence-corrected chi connectivity index (χ4v) is 1.57. The molecule has 0 spiro atoms. The molecule has 0 saturated carbocycles. The minimum Gasteiger partial charge on any atom is -0.383 e. The van der Waals surface area contributed by atoms with E-state index in [0.29, 0.717) is 21.7 Å². The third-order valence-electron chi connectivity index (χ3n) is 1.96. The second-order valence-electron chi connectivity index (χ2n) is 3.29. The van der Waals surface area contributed by atoms with E-state index < -0.39 is 0 Å². The number of benzene rings is 1. The highest BCUT2D eigenvalue weighted by Gasteiger charge is 2.03. The smallest absolute Gasteiger partial charge is 0.223 e. The van der Waals surface area contributed by atoms with Gasteiger partial charge in [-0.25, -0.2) is 0 Å². The summed E-state index contributed by atoms with van der Waals surface area (Å²) in [5.41, 5.74) is 11.8. The van der Waals surface area contributed by atoms with Crippen LogP contribution in [0.5, 0.6) is 0 Å². The van der Waals surface area contributed by atoms with Crippen molar-refractivity contribution < 1.29 is 0 Å². The minimum absolute atomic E-state index is 0.104. The summed E-state index contributed by atoms with van der Waals surface area (Å²) in [6, 6.07) is 6.69. The second kappa shape index (κ2) is 4.65. The van der Waals surface area contributed by atoms with Crippen molar-refractivity contribution in [2.24, 2.45) is 0 Å². The molecule has 17 heavy (non-hydrogen) atoms. The van der Waals surface area contributed by atoms with Crippen LogP contribution in [0.2, 0.25) is 10.0 Å². The van der Waals surface area contributed by atoms with Crippen molar-refractivity contribution in [2.45, 2.75) is 0 Å². The summed E-state index contributed by atoms with van der Waals surface area (Å²) >= 11 is 11.7. The maximum Gasteiger partial charge on any atom is 0.223 e. The van der Waals surface area contributed by atoms with E-state index in [1.165, 1.54) is 0 Å². The summed E-state index contributed by atoms with van der Waals surface area (Å²) in [6.07, 6.45) is 0. The normalized spacial score (nSPS) is 10.2.